The van der Waals surface area contributed by atoms with Crippen LogP contribution in [-0.2, 0) is 16.0 Å². The van der Waals surface area contributed by atoms with Gasteiger partial charge in [0.2, 0.25) is 11.8 Å². The van der Waals surface area contributed by atoms with Crippen LogP contribution >= 0.6 is 0 Å². The number of piperidine rings is 1. The minimum atomic E-state index is 0.0605. The number of amides is 2. The maximum absolute atomic E-state index is 12.7. The van der Waals surface area contributed by atoms with Gasteiger partial charge < -0.3 is 15.5 Å². The van der Waals surface area contributed by atoms with E-state index in [1.54, 1.807) is 0 Å². The number of nitrogens with two attached hydrogens (primary N) is 1. The molecule has 2 N–H and O–H groups in total. The monoisotopic (exact) mass is 343 g/mol. The second-order valence-corrected chi connectivity index (χ2v) is 7.20. The Balaban J connectivity index is 1.45. The highest BCUT2D eigenvalue weighted by atomic mass is 16.2. The molecule has 1 aromatic carbocycles. The lowest BCUT2D eigenvalue weighted by atomic mass is 9.94. The van der Waals surface area contributed by atoms with Gasteiger partial charge in [0, 0.05) is 44.6 Å². The van der Waals surface area contributed by atoms with Crippen molar-refractivity contribution in [3.8, 4) is 0 Å². The molecule has 2 saturated heterocycles. The van der Waals surface area contributed by atoms with E-state index in [4.69, 9.17) is 5.73 Å². The van der Waals surface area contributed by atoms with Gasteiger partial charge in [0.05, 0.1) is 0 Å². The van der Waals surface area contributed by atoms with Crippen LogP contribution in [0.5, 0.6) is 0 Å². The number of carbonyl (C=O) groups is 2. The molecule has 136 valence electrons. The molecule has 1 aromatic rings. The minimum absolute atomic E-state index is 0.0605. The summed E-state index contributed by atoms with van der Waals surface area (Å²) in [7, 11) is 0. The number of hydrogen-bond acceptors (Lipinski definition) is 3. The number of aryl methyl sites for hydroxylation is 1. The molecular formula is C20H29N3O2. The quantitative estimate of drug-likeness (QED) is 0.887. The van der Waals surface area contributed by atoms with Crippen LogP contribution in [0.15, 0.2) is 30.3 Å². The van der Waals surface area contributed by atoms with E-state index in [1.807, 2.05) is 28.0 Å². The highest BCUT2D eigenvalue weighted by Gasteiger charge is 2.34. The largest absolute Gasteiger partial charge is 0.343 e. The normalized spacial score (nSPS) is 21.6. The van der Waals surface area contributed by atoms with Crippen LogP contribution in [0, 0.1) is 5.92 Å². The zero-order valence-electron chi connectivity index (χ0n) is 14.9. The Morgan fingerprint density at radius 2 is 1.76 bits per heavy atom. The Kier molecular flexibility index (Phi) is 6.08. The van der Waals surface area contributed by atoms with Gasteiger partial charge >= 0.3 is 0 Å². The Morgan fingerprint density at radius 3 is 2.44 bits per heavy atom. The van der Waals surface area contributed by atoms with E-state index in [0.717, 1.165) is 38.6 Å². The Hall–Kier alpha value is -1.88. The fourth-order valence-electron chi connectivity index (χ4n) is 4.04. The minimum Gasteiger partial charge on any atom is -0.343 e. The molecule has 0 saturated carbocycles. The highest BCUT2D eigenvalue weighted by molar-refractivity contribution is 5.80. The summed E-state index contributed by atoms with van der Waals surface area (Å²) in [6, 6.07) is 10.3. The van der Waals surface area contributed by atoms with Crippen molar-refractivity contribution in [1.82, 2.24) is 9.80 Å². The summed E-state index contributed by atoms with van der Waals surface area (Å²) in [6.07, 6.45) is 4.98. The lowest BCUT2D eigenvalue weighted by molar-refractivity contribution is -0.141. The fourth-order valence-corrected chi connectivity index (χ4v) is 4.04. The molecule has 5 heteroatoms. The maximum Gasteiger partial charge on any atom is 0.226 e. The summed E-state index contributed by atoms with van der Waals surface area (Å²) in [5.41, 5.74) is 6.98. The predicted molar refractivity (Wildman–Crippen MR) is 97.9 cm³/mol. The SMILES string of the molecule is NCC1CCCN1C(=O)C1CCN(C(=O)CCc2ccccc2)CC1. The van der Waals surface area contributed by atoms with Crippen molar-refractivity contribution in [2.24, 2.45) is 11.7 Å². The first kappa shape index (κ1) is 17.9. The third kappa shape index (κ3) is 4.40. The molecule has 1 unspecified atom stereocenters. The number of rotatable bonds is 5. The van der Waals surface area contributed by atoms with Gasteiger partial charge in [-0.25, -0.2) is 0 Å². The van der Waals surface area contributed by atoms with Crippen molar-refractivity contribution in [1.29, 1.82) is 0 Å². The van der Waals surface area contributed by atoms with E-state index >= 15 is 0 Å². The molecule has 25 heavy (non-hydrogen) atoms. The maximum atomic E-state index is 12.7. The lowest BCUT2D eigenvalue weighted by Crippen LogP contribution is -2.47. The molecule has 2 fully saturated rings. The third-order valence-corrected chi connectivity index (χ3v) is 5.60. The highest BCUT2D eigenvalue weighted by Crippen LogP contribution is 2.25. The van der Waals surface area contributed by atoms with Crippen LogP contribution in [0.4, 0.5) is 0 Å². The molecule has 2 aliphatic rings. The van der Waals surface area contributed by atoms with Gasteiger partial charge in [-0.15, -0.1) is 0 Å². The van der Waals surface area contributed by atoms with Gasteiger partial charge in [-0.2, -0.15) is 0 Å². The average molecular weight is 343 g/mol. The molecule has 2 amide bonds. The molecule has 0 aliphatic carbocycles. The van der Waals surface area contributed by atoms with Crippen LogP contribution < -0.4 is 5.73 Å². The summed E-state index contributed by atoms with van der Waals surface area (Å²) in [5.74, 6) is 0.519. The number of carbonyl (C=O) groups excluding carboxylic acids is 2. The summed E-state index contributed by atoms with van der Waals surface area (Å²) >= 11 is 0. The molecule has 2 heterocycles. The average Bonchev–Trinajstić information content (AvgIpc) is 3.15. The summed E-state index contributed by atoms with van der Waals surface area (Å²) in [5, 5.41) is 0. The topological polar surface area (TPSA) is 66.6 Å². The standard InChI is InChI=1S/C20H29N3O2/c21-15-18-7-4-12-23(18)20(25)17-10-13-22(14-11-17)19(24)9-8-16-5-2-1-3-6-16/h1-3,5-6,17-18H,4,7-15,21H2. The number of benzene rings is 1. The van der Waals surface area contributed by atoms with Gasteiger partial charge in [-0.05, 0) is 37.7 Å². The van der Waals surface area contributed by atoms with Crippen LogP contribution in [0.3, 0.4) is 0 Å². The molecule has 0 spiro atoms. The zero-order chi connectivity index (χ0) is 17.6. The second kappa shape index (κ2) is 8.48. The number of likely N-dealkylation sites (tertiary alicyclic amines) is 2. The van der Waals surface area contributed by atoms with Gasteiger partial charge in [0.15, 0.2) is 0 Å². The summed E-state index contributed by atoms with van der Waals surface area (Å²) < 4.78 is 0. The van der Waals surface area contributed by atoms with E-state index in [1.165, 1.54) is 5.56 Å². The number of nitrogens with zero attached hydrogens (tertiary/aromatic N) is 2. The zero-order valence-corrected chi connectivity index (χ0v) is 14.9. The van der Waals surface area contributed by atoms with Crippen LogP contribution in [0.2, 0.25) is 0 Å². The van der Waals surface area contributed by atoms with Crippen LogP contribution in [0.1, 0.15) is 37.7 Å². The first-order chi connectivity index (χ1) is 12.2. The van der Waals surface area contributed by atoms with Crippen molar-refractivity contribution < 1.29 is 9.59 Å². The predicted octanol–water partition coefficient (Wildman–Crippen LogP) is 1.81. The van der Waals surface area contributed by atoms with Gasteiger partial charge in [-0.3, -0.25) is 9.59 Å². The van der Waals surface area contributed by atoms with Crippen LogP contribution in [0.25, 0.3) is 0 Å². The van der Waals surface area contributed by atoms with E-state index < -0.39 is 0 Å². The van der Waals surface area contributed by atoms with Gasteiger partial charge in [0.25, 0.3) is 0 Å². The van der Waals surface area contributed by atoms with E-state index in [-0.39, 0.29) is 23.8 Å². The molecule has 0 aromatic heterocycles. The summed E-state index contributed by atoms with van der Waals surface area (Å²) in [4.78, 5) is 29.1. The molecule has 1 atom stereocenters. The van der Waals surface area contributed by atoms with Gasteiger partial charge in [0.1, 0.15) is 0 Å². The van der Waals surface area contributed by atoms with Crippen molar-refractivity contribution >= 4 is 11.8 Å². The lowest BCUT2D eigenvalue weighted by Gasteiger charge is -2.34. The first-order valence-corrected chi connectivity index (χ1v) is 9.51. The molecule has 5 nitrogen and oxygen atoms in total. The molecule has 0 bridgehead atoms. The first-order valence-electron chi connectivity index (χ1n) is 9.51. The molecule has 3 rings (SSSR count). The van der Waals surface area contributed by atoms with Gasteiger partial charge in [-0.1, -0.05) is 30.3 Å². The van der Waals surface area contributed by atoms with Crippen molar-refractivity contribution in [2.75, 3.05) is 26.2 Å². The van der Waals surface area contributed by atoms with Crippen molar-refractivity contribution in [3.63, 3.8) is 0 Å². The fraction of sp³-hybridized carbons (Fsp3) is 0.600. The van der Waals surface area contributed by atoms with E-state index in [9.17, 15) is 9.59 Å². The number of hydrogen-bond donors (Lipinski definition) is 1. The Morgan fingerprint density at radius 1 is 1.04 bits per heavy atom. The van der Waals surface area contributed by atoms with Crippen LogP contribution in [-0.4, -0.2) is 53.8 Å². The van der Waals surface area contributed by atoms with E-state index in [0.29, 0.717) is 26.1 Å². The smallest absolute Gasteiger partial charge is 0.226 e. The van der Waals surface area contributed by atoms with E-state index in [2.05, 4.69) is 12.1 Å². The molecule has 2 aliphatic heterocycles. The Labute approximate surface area is 150 Å². The third-order valence-electron chi connectivity index (χ3n) is 5.60. The Bertz CT molecular complexity index is 582. The molecule has 0 radical (unpaired) electrons. The van der Waals surface area contributed by atoms with Crippen molar-refractivity contribution in [2.45, 2.75) is 44.6 Å². The second-order valence-electron chi connectivity index (χ2n) is 7.20. The van der Waals surface area contributed by atoms with Crippen molar-refractivity contribution in [3.05, 3.63) is 35.9 Å². The summed E-state index contributed by atoms with van der Waals surface area (Å²) in [6.45, 7) is 2.80. The molecular weight excluding hydrogens is 314 g/mol.